The summed E-state index contributed by atoms with van der Waals surface area (Å²) in [5, 5.41) is 13.9. The molecule has 11 heavy (non-hydrogen) atoms. The normalized spacial score (nSPS) is 6.64. The lowest BCUT2D eigenvalue weighted by Crippen LogP contribution is -1.86. The molecule has 0 aromatic carbocycles. The number of carbonyl (C=O) groups is 1. The highest BCUT2D eigenvalue weighted by atomic mass is 32.2. The van der Waals surface area contributed by atoms with Crippen LogP contribution in [0.4, 0.5) is 4.79 Å². The lowest BCUT2D eigenvalue weighted by Gasteiger charge is -1.87. The Balaban J connectivity index is -0.0000000886. The van der Waals surface area contributed by atoms with E-state index in [1.54, 1.807) is 18.6 Å². The van der Waals surface area contributed by atoms with Gasteiger partial charge in [0.15, 0.2) is 0 Å². The van der Waals surface area contributed by atoms with Crippen LogP contribution in [0.15, 0.2) is 12.7 Å². The molecule has 68 valence electrons. The van der Waals surface area contributed by atoms with Crippen LogP contribution in [0.5, 0.6) is 0 Å². The molecular weight excluding hydrogens is 168 g/mol. The number of hydrogen-bond donors (Lipinski definition) is 2. The van der Waals surface area contributed by atoms with Gasteiger partial charge in [-0.25, -0.2) is 4.79 Å². The third-order valence-electron chi connectivity index (χ3n) is 0. The van der Waals surface area contributed by atoms with Gasteiger partial charge < -0.3 is 14.8 Å². The zero-order chi connectivity index (χ0) is 9.86. The Morgan fingerprint density at radius 3 is 1.55 bits per heavy atom. The van der Waals surface area contributed by atoms with E-state index in [1.165, 1.54) is 0 Å². The minimum atomic E-state index is -1.83. The molecule has 0 radical (unpaired) electrons. The van der Waals surface area contributed by atoms with Crippen LogP contribution < -0.4 is 0 Å². The minimum Gasteiger partial charge on any atom is -0.617 e. The van der Waals surface area contributed by atoms with Gasteiger partial charge in [-0.1, -0.05) is 17.3 Å². The van der Waals surface area contributed by atoms with Gasteiger partial charge in [0.25, 0.3) is 0 Å². The maximum Gasteiger partial charge on any atom is 0.503 e. The van der Waals surface area contributed by atoms with Gasteiger partial charge in [-0.3, -0.25) is 0 Å². The second-order valence-electron chi connectivity index (χ2n) is 1.43. The summed E-state index contributed by atoms with van der Waals surface area (Å²) >= 11 is -0.611. The number of carboxylic acid groups (broad SMARTS) is 2. The Morgan fingerprint density at radius 1 is 1.55 bits per heavy atom. The third kappa shape index (κ3) is 1080. The predicted octanol–water partition coefficient (Wildman–Crippen LogP) is 1.41. The van der Waals surface area contributed by atoms with E-state index in [0.717, 1.165) is 0 Å². The van der Waals surface area contributed by atoms with Gasteiger partial charge in [0.05, 0.1) is 12.5 Å². The van der Waals surface area contributed by atoms with E-state index >= 15 is 0 Å². The van der Waals surface area contributed by atoms with Crippen molar-refractivity contribution in [2.45, 2.75) is 6.92 Å². The van der Waals surface area contributed by atoms with E-state index < -0.39 is 17.3 Å². The van der Waals surface area contributed by atoms with E-state index in [2.05, 4.69) is 6.58 Å². The molecule has 0 atom stereocenters. The Bertz CT molecular complexity index is 85.8. The first kappa shape index (κ1) is 16.7. The molecule has 0 aliphatic heterocycles. The van der Waals surface area contributed by atoms with Crippen LogP contribution in [-0.2, 0) is 11.2 Å². The average Bonchev–Trinajstić information content (AvgIpc) is 1.60. The highest BCUT2D eigenvalue weighted by Crippen LogP contribution is 1.61. The van der Waals surface area contributed by atoms with E-state index in [-0.39, 0.29) is 0 Å². The van der Waals surface area contributed by atoms with Crippen LogP contribution in [0.2, 0.25) is 0 Å². The molecule has 0 unspecified atom stereocenters. The minimum absolute atomic E-state index is 0.611. The van der Waals surface area contributed by atoms with Gasteiger partial charge in [-0.15, -0.1) is 6.58 Å². The molecular formula is C6H14O4S. The molecule has 4 nitrogen and oxygen atoms in total. The van der Waals surface area contributed by atoms with Crippen molar-refractivity contribution in [3.8, 4) is 0 Å². The average molecular weight is 182 g/mol. The van der Waals surface area contributed by atoms with E-state index in [9.17, 15) is 4.55 Å². The zero-order valence-electron chi connectivity index (χ0n) is 6.90. The van der Waals surface area contributed by atoms with Gasteiger partial charge in [-0.2, -0.15) is 0 Å². The van der Waals surface area contributed by atoms with Crippen molar-refractivity contribution in [2.24, 2.45) is 0 Å². The summed E-state index contributed by atoms with van der Waals surface area (Å²) in [4.78, 5) is 8.56. The second-order valence-corrected chi connectivity index (χ2v) is 2.92. The molecule has 0 fully saturated rings. The van der Waals surface area contributed by atoms with Crippen molar-refractivity contribution in [1.82, 2.24) is 0 Å². The third-order valence-corrected chi connectivity index (χ3v) is 0. The molecule has 0 aromatic heterocycles. The molecule has 0 saturated carbocycles. The van der Waals surface area contributed by atoms with E-state index in [4.69, 9.17) is 15.0 Å². The molecule has 0 spiro atoms. The molecule has 0 aliphatic carbocycles. The fraction of sp³-hybridized carbons (Fsp3) is 0.500. The molecule has 5 heteroatoms. The maximum absolute atomic E-state index is 9.56. The standard InChI is InChI=1S/C3H6.C2H6OS.CH2O3/c1-3-2;1-4(2)3;2-1(3)4/h3H,1H2,2H3;1-2H3;(H2,2,3,4). The lowest BCUT2D eigenvalue weighted by molar-refractivity contribution is 0.137. The van der Waals surface area contributed by atoms with Gasteiger partial charge >= 0.3 is 6.16 Å². The Labute approximate surface area is 69.7 Å². The molecule has 2 N–H and O–H groups in total. The monoisotopic (exact) mass is 182 g/mol. The first-order valence-electron chi connectivity index (χ1n) is 2.62. The first-order valence-corrected chi connectivity index (χ1v) is 4.59. The predicted molar refractivity (Wildman–Crippen MR) is 46.5 cm³/mol. The Kier molecular flexibility index (Phi) is 24.6. The van der Waals surface area contributed by atoms with Crippen molar-refractivity contribution in [1.29, 1.82) is 0 Å². The summed E-state index contributed by atoms with van der Waals surface area (Å²) in [6, 6.07) is 0. The highest BCUT2D eigenvalue weighted by Gasteiger charge is 1.70. The molecule has 0 saturated heterocycles. The quantitative estimate of drug-likeness (QED) is 0.438. The van der Waals surface area contributed by atoms with Crippen molar-refractivity contribution in [3.05, 3.63) is 12.7 Å². The van der Waals surface area contributed by atoms with Crippen molar-refractivity contribution >= 4 is 17.3 Å². The largest absolute Gasteiger partial charge is 0.617 e. The molecule has 0 bridgehead atoms. The lowest BCUT2D eigenvalue weighted by atomic mass is 10.8. The molecule has 0 aliphatic rings. The fourth-order valence-corrected chi connectivity index (χ4v) is 0. The summed E-state index contributed by atoms with van der Waals surface area (Å²) in [5.41, 5.74) is 0. The molecule has 0 amide bonds. The summed E-state index contributed by atoms with van der Waals surface area (Å²) in [6.45, 7) is 5.25. The van der Waals surface area contributed by atoms with Gasteiger partial charge in [0.1, 0.15) is 0 Å². The zero-order valence-corrected chi connectivity index (χ0v) is 7.72. The topological polar surface area (TPSA) is 80.6 Å². The molecule has 0 heterocycles. The summed E-state index contributed by atoms with van der Waals surface area (Å²) < 4.78 is 9.56. The van der Waals surface area contributed by atoms with Gasteiger partial charge in [-0.05, 0) is 6.92 Å². The molecule has 0 aromatic rings. The smallest absolute Gasteiger partial charge is 0.503 e. The molecule has 0 rings (SSSR count). The van der Waals surface area contributed by atoms with Crippen LogP contribution in [0.1, 0.15) is 6.92 Å². The number of hydrogen-bond acceptors (Lipinski definition) is 2. The van der Waals surface area contributed by atoms with Gasteiger partial charge in [0.2, 0.25) is 0 Å². The van der Waals surface area contributed by atoms with Crippen LogP contribution >= 0.6 is 0 Å². The fourth-order valence-electron chi connectivity index (χ4n) is 0. The number of allylic oxidation sites excluding steroid dienone is 1. The first-order chi connectivity index (χ1) is 4.88. The van der Waals surface area contributed by atoms with Crippen LogP contribution in [0, 0.1) is 0 Å². The number of rotatable bonds is 0. The van der Waals surface area contributed by atoms with E-state index in [1.807, 2.05) is 6.92 Å². The summed E-state index contributed by atoms with van der Waals surface area (Å²) in [5.74, 6) is 0. The SMILES string of the molecule is C=CC.C[S+](C)[O-].O=C(O)O. The van der Waals surface area contributed by atoms with Crippen molar-refractivity contribution in [2.75, 3.05) is 12.5 Å². The van der Waals surface area contributed by atoms with E-state index in [0.29, 0.717) is 0 Å². The van der Waals surface area contributed by atoms with Crippen LogP contribution in [0.25, 0.3) is 0 Å². The highest BCUT2D eigenvalue weighted by molar-refractivity contribution is 7.89. The van der Waals surface area contributed by atoms with Crippen molar-refractivity contribution in [3.63, 3.8) is 0 Å². The maximum atomic E-state index is 9.56. The summed E-state index contributed by atoms with van der Waals surface area (Å²) in [6.07, 6.45) is 3.19. The Hall–Kier alpha value is -0.680. The van der Waals surface area contributed by atoms with Crippen LogP contribution in [0.3, 0.4) is 0 Å². The summed E-state index contributed by atoms with van der Waals surface area (Å²) in [7, 11) is 0. The Morgan fingerprint density at radius 2 is 1.55 bits per heavy atom. The van der Waals surface area contributed by atoms with Gasteiger partial charge in [0, 0.05) is 0 Å². The second kappa shape index (κ2) is 16.2. The van der Waals surface area contributed by atoms with Crippen molar-refractivity contribution < 1.29 is 19.6 Å². The van der Waals surface area contributed by atoms with Crippen LogP contribution in [-0.4, -0.2) is 33.4 Å².